The quantitative estimate of drug-likeness (QED) is 0.855. The minimum Gasteiger partial charge on any atom is -0.388 e. The van der Waals surface area contributed by atoms with Crippen LogP contribution in [-0.4, -0.2) is 9.67 Å². The largest absolute Gasteiger partial charge is 0.388 e. The van der Waals surface area contributed by atoms with Gasteiger partial charge in [-0.1, -0.05) is 39.8 Å². The van der Waals surface area contributed by atoms with Crippen LogP contribution in [0.2, 0.25) is 0 Å². The SMILES string of the molecule is CC(C)c1cccc(-n2ccc3c2CC(C)(C)CC3O)c1. The normalized spacial score (nSPS) is 20.6. The highest BCUT2D eigenvalue weighted by atomic mass is 16.3. The van der Waals surface area contributed by atoms with Crippen LogP contribution in [0.1, 0.15) is 63.0 Å². The maximum atomic E-state index is 10.4. The molecule has 1 aliphatic carbocycles. The molecule has 1 aromatic carbocycles. The summed E-state index contributed by atoms with van der Waals surface area (Å²) < 4.78 is 2.26. The second kappa shape index (κ2) is 5.03. The van der Waals surface area contributed by atoms with Crippen LogP contribution in [0, 0.1) is 5.41 Å². The van der Waals surface area contributed by atoms with Gasteiger partial charge in [-0.3, -0.25) is 0 Å². The van der Waals surface area contributed by atoms with Gasteiger partial charge < -0.3 is 9.67 Å². The van der Waals surface area contributed by atoms with Crippen LogP contribution in [0.25, 0.3) is 5.69 Å². The zero-order valence-corrected chi connectivity index (χ0v) is 13.4. The van der Waals surface area contributed by atoms with E-state index < -0.39 is 0 Å². The highest BCUT2D eigenvalue weighted by Gasteiger charge is 2.33. The standard InChI is InChI=1S/C19H25NO/c1-13(2)14-6-5-7-15(10-14)20-9-8-16-17(20)11-19(3,4)12-18(16)21/h5-10,13,18,21H,11-12H2,1-4H3. The Hall–Kier alpha value is -1.54. The van der Waals surface area contributed by atoms with Crippen LogP contribution in [0.3, 0.4) is 0 Å². The molecular formula is C19H25NO. The Bertz CT molecular complexity index is 651. The Labute approximate surface area is 127 Å². The molecule has 2 aromatic rings. The molecule has 2 nitrogen and oxygen atoms in total. The van der Waals surface area contributed by atoms with Crippen molar-refractivity contribution in [2.75, 3.05) is 0 Å². The van der Waals surface area contributed by atoms with Crippen molar-refractivity contribution >= 4 is 0 Å². The minimum atomic E-state index is -0.335. The number of aliphatic hydroxyl groups is 1. The summed E-state index contributed by atoms with van der Waals surface area (Å²) in [5.74, 6) is 0.526. The van der Waals surface area contributed by atoms with Gasteiger partial charge in [0.1, 0.15) is 0 Å². The lowest BCUT2D eigenvalue weighted by Crippen LogP contribution is -2.26. The van der Waals surface area contributed by atoms with Crippen LogP contribution in [0.15, 0.2) is 36.5 Å². The van der Waals surface area contributed by atoms with E-state index in [4.69, 9.17) is 0 Å². The van der Waals surface area contributed by atoms with E-state index >= 15 is 0 Å². The van der Waals surface area contributed by atoms with E-state index in [0.717, 1.165) is 18.4 Å². The fourth-order valence-electron chi connectivity index (χ4n) is 3.41. The maximum Gasteiger partial charge on any atom is 0.0812 e. The first-order valence-corrected chi connectivity index (χ1v) is 7.86. The van der Waals surface area contributed by atoms with Gasteiger partial charge >= 0.3 is 0 Å². The van der Waals surface area contributed by atoms with Gasteiger partial charge in [-0.05, 0) is 47.9 Å². The summed E-state index contributed by atoms with van der Waals surface area (Å²) in [5.41, 5.74) is 5.07. The Morgan fingerprint density at radius 3 is 2.71 bits per heavy atom. The third-order valence-electron chi connectivity index (χ3n) is 4.59. The third kappa shape index (κ3) is 2.65. The first-order valence-electron chi connectivity index (χ1n) is 7.86. The molecule has 21 heavy (non-hydrogen) atoms. The van der Waals surface area contributed by atoms with Gasteiger partial charge in [0.2, 0.25) is 0 Å². The molecule has 2 heteroatoms. The minimum absolute atomic E-state index is 0.151. The number of aromatic nitrogens is 1. The van der Waals surface area contributed by atoms with Gasteiger partial charge in [0.25, 0.3) is 0 Å². The number of rotatable bonds is 2. The lowest BCUT2D eigenvalue weighted by molar-refractivity contribution is 0.0987. The van der Waals surface area contributed by atoms with Gasteiger partial charge in [-0.2, -0.15) is 0 Å². The van der Waals surface area contributed by atoms with Gasteiger partial charge in [0.15, 0.2) is 0 Å². The monoisotopic (exact) mass is 283 g/mol. The molecule has 1 N–H and O–H groups in total. The number of nitrogens with zero attached hydrogens (tertiary/aromatic N) is 1. The van der Waals surface area contributed by atoms with E-state index in [0.29, 0.717) is 5.92 Å². The molecule has 0 saturated carbocycles. The molecule has 0 aliphatic heterocycles. The summed E-state index contributed by atoms with van der Waals surface area (Å²) in [4.78, 5) is 0. The van der Waals surface area contributed by atoms with Crippen LogP contribution in [-0.2, 0) is 6.42 Å². The first-order chi connectivity index (χ1) is 9.87. The zero-order chi connectivity index (χ0) is 15.2. The molecular weight excluding hydrogens is 258 g/mol. The molecule has 0 radical (unpaired) electrons. The molecule has 1 aromatic heterocycles. The van der Waals surface area contributed by atoms with Crippen LogP contribution in [0.5, 0.6) is 0 Å². The third-order valence-corrected chi connectivity index (χ3v) is 4.59. The van der Waals surface area contributed by atoms with Gasteiger partial charge in [-0.15, -0.1) is 0 Å². The van der Waals surface area contributed by atoms with Crippen molar-refractivity contribution in [2.24, 2.45) is 5.41 Å². The number of hydrogen-bond acceptors (Lipinski definition) is 1. The summed E-state index contributed by atoms with van der Waals surface area (Å²) >= 11 is 0. The fourth-order valence-corrected chi connectivity index (χ4v) is 3.41. The van der Waals surface area contributed by atoms with E-state index in [2.05, 4.69) is 68.8 Å². The Kier molecular flexibility index (Phi) is 3.45. The smallest absolute Gasteiger partial charge is 0.0812 e. The van der Waals surface area contributed by atoms with Crippen molar-refractivity contribution in [3.8, 4) is 5.69 Å². The average Bonchev–Trinajstić information content (AvgIpc) is 2.81. The van der Waals surface area contributed by atoms with E-state index in [1.807, 2.05) is 0 Å². The molecule has 112 valence electrons. The lowest BCUT2D eigenvalue weighted by Gasteiger charge is -2.34. The summed E-state index contributed by atoms with van der Waals surface area (Å²) in [6.07, 6.45) is 3.63. The van der Waals surface area contributed by atoms with E-state index in [9.17, 15) is 5.11 Å². The summed E-state index contributed by atoms with van der Waals surface area (Å²) in [6.45, 7) is 8.91. The molecule has 0 fully saturated rings. The maximum absolute atomic E-state index is 10.4. The first kappa shape index (κ1) is 14.4. The average molecular weight is 283 g/mol. The van der Waals surface area contributed by atoms with Crippen molar-refractivity contribution in [1.29, 1.82) is 0 Å². The molecule has 0 bridgehead atoms. The van der Waals surface area contributed by atoms with Crippen molar-refractivity contribution in [1.82, 2.24) is 4.57 Å². The highest BCUT2D eigenvalue weighted by molar-refractivity contribution is 5.43. The van der Waals surface area contributed by atoms with E-state index in [1.54, 1.807) is 0 Å². The molecule has 1 unspecified atom stereocenters. The lowest BCUT2D eigenvalue weighted by atomic mass is 9.75. The van der Waals surface area contributed by atoms with Crippen molar-refractivity contribution in [3.63, 3.8) is 0 Å². The van der Waals surface area contributed by atoms with Crippen molar-refractivity contribution < 1.29 is 5.11 Å². The number of fused-ring (bicyclic) bond motifs is 1. The second-order valence-electron chi connectivity index (χ2n) is 7.40. The van der Waals surface area contributed by atoms with Crippen LogP contribution in [0.4, 0.5) is 0 Å². The number of benzene rings is 1. The van der Waals surface area contributed by atoms with Gasteiger partial charge in [0, 0.05) is 23.1 Å². The zero-order valence-electron chi connectivity index (χ0n) is 13.4. The molecule has 1 aliphatic rings. The van der Waals surface area contributed by atoms with E-state index in [1.165, 1.54) is 16.9 Å². The predicted octanol–water partition coefficient (Wildman–Crippen LogP) is 4.61. The van der Waals surface area contributed by atoms with Crippen molar-refractivity contribution in [2.45, 2.75) is 52.6 Å². The van der Waals surface area contributed by atoms with Crippen molar-refractivity contribution in [3.05, 3.63) is 53.3 Å². The Morgan fingerprint density at radius 1 is 1.24 bits per heavy atom. The molecule has 3 rings (SSSR count). The summed E-state index contributed by atoms with van der Waals surface area (Å²) in [7, 11) is 0. The van der Waals surface area contributed by atoms with E-state index in [-0.39, 0.29) is 11.5 Å². The molecule has 1 atom stereocenters. The highest BCUT2D eigenvalue weighted by Crippen LogP contribution is 2.41. The van der Waals surface area contributed by atoms with Crippen LogP contribution < -0.4 is 0 Å². The van der Waals surface area contributed by atoms with Gasteiger partial charge in [-0.25, -0.2) is 0 Å². The molecule has 0 saturated heterocycles. The summed E-state index contributed by atoms with van der Waals surface area (Å²) in [5, 5.41) is 10.4. The Morgan fingerprint density at radius 2 is 2.00 bits per heavy atom. The number of hydrogen-bond donors (Lipinski definition) is 1. The Balaban J connectivity index is 2.07. The second-order valence-corrected chi connectivity index (χ2v) is 7.40. The molecule has 1 heterocycles. The molecule has 0 spiro atoms. The summed E-state index contributed by atoms with van der Waals surface area (Å²) in [6, 6.07) is 10.8. The topological polar surface area (TPSA) is 25.2 Å². The fraction of sp³-hybridized carbons (Fsp3) is 0.474. The number of aliphatic hydroxyl groups excluding tert-OH is 1. The molecule has 0 amide bonds. The van der Waals surface area contributed by atoms with Crippen LogP contribution >= 0.6 is 0 Å². The predicted molar refractivity (Wildman–Crippen MR) is 86.9 cm³/mol. The van der Waals surface area contributed by atoms with Gasteiger partial charge in [0.05, 0.1) is 6.10 Å².